The third-order valence-corrected chi connectivity index (χ3v) is 2.18. The van der Waals surface area contributed by atoms with E-state index in [1.165, 1.54) is 0 Å². The van der Waals surface area contributed by atoms with Crippen LogP contribution in [0.2, 0.25) is 0 Å². The van der Waals surface area contributed by atoms with Crippen molar-refractivity contribution < 1.29 is 0 Å². The quantitative estimate of drug-likeness (QED) is 0.266. The minimum absolute atomic E-state index is 0.507. The van der Waals surface area contributed by atoms with Crippen LogP contribution in [-0.4, -0.2) is 3.41 Å². The molecule has 0 unspecified atom stereocenters. The normalized spacial score (nSPS) is 10.5. The third-order valence-electron chi connectivity index (χ3n) is 0.485. The summed E-state index contributed by atoms with van der Waals surface area (Å²) in [5, 5.41) is 0. The predicted octanol–water partition coefficient (Wildman–Crippen LogP) is 2.03. The standard InChI is InChI=1S/C4H6S4/c1-2-3(5)4(6,7)8/h5-8H,1H2. The maximum atomic E-state index is 3.94. The Hall–Kier alpha value is 0.920. The fourth-order valence-corrected chi connectivity index (χ4v) is 0.356. The van der Waals surface area contributed by atoms with Gasteiger partial charge in [0.05, 0.1) is 4.91 Å². The first-order chi connectivity index (χ1) is 3.48. The van der Waals surface area contributed by atoms with Crippen molar-refractivity contribution in [3.63, 3.8) is 0 Å². The van der Waals surface area contributed by atoms with Crippen LogP contribution in [0.4, 0.5) is 0 Å². The molecule has 0 rings (SSSR count). The highest BCUT2D eigenvalue weighted by atomic mass is 32.2. The first-order valence-electron chi connectivity index (χ1n) is 1.75. The van der Waals surface area contributed by atoms with E-state index < -0.39 is 3.41 Å². The monoisotopic (exact) mass is 182 g/mol. The summed E-state index contributed by atoms with van der Waals surface area (Å²) in [7, 11) is 0. The molecule has 0 nitrogen and oxygen atoms in total. The second kappa shape index (κ2) is 3.18. The molecule has 0 saturated carbocycles. The number of hydrogen-bond acceptors (Lipinski definition) is 4. The number of thiol groups is 4. The van der Waals surface area contributed by atoms with Gasteiger partial charge in [-0.2, -0.15) is 0 Å². The van der Waals surface area contributed by atoms with E-state index in [1.54, 1.807) is 0 Å². The van der Waals surface area contributed by atoms with Gasteiger partial charge in [-0.25, -0.2) is 0 Å². The van der Waals surface area contributed by atoms with E-state index in [4.69, 9.17) is 0 Å². The summed E-state index contributed by atoms with van der Waals surface area (Å²) in [6.07, 6.45) is 0. The molecule has 0 atom stereocenters. The average Bonchev–Trinajstić information content (AvgIpc) is 1.62. The summed E-state index contributed by atoms with van der Waals surface area (Å²) < 4.78 is -0.801. The highest BCUT2D eigenvalue weighted by Gasteiger charge is 2.15. The molecule has 0 amide bonds. The van der Waals surface area contributed by atoms with Crippen LogP contribution in [0.5, 0.6) is 0 Å². The molecule has 8 heavy (non-hydrogen) atoms. The zero-order valence-corrected chi connectivity index (χ0v) is 7.57. The van der Waals surface area contributed by atoms with E-state index >= 15 is 0 Å². The van der Waals surface area contributed by atoms with Crippen molar-refractivity contribution in [2.24, 2.45) is 0 Å². The van der Waals surface area contributed by atoms with Gasteiger partial charge in [-0.1, -0.05) is 6.58 Å². The molecule has 46 valence electrons. The number of hydrogen-bond donors (Lipinski definition) is 4. The summed E-state index contributed by atoms with van der Waals surface area (Å²) in [6, 6.07) is 0. The molecule has 0 saturated heterocycles. The smallest absolute Gasteiger partial charge is 0.136 e. The van der Waals surface area contributed by atoms with Crippen molar-refractivity contribution in [2.75, 3.05) is 0 Å². The van der Waals surface area contributed by atoms with E-state index in [9.17, 15) is 0 Å². The van der Waals surface area contributed by atoms with Gasteiger partial charge in [0.15, 0.2) is 0 Å². The molecule has 0 N–H and O–H groups in total. The first-order valence-corrected chi connectivity index (χ1v) is 3.54. The SMILES string of the molecule is C=C=C(S)C(S)(S)S. The molecule has 0 heterocycles. The van der Waals surface area contributed by atoms with Gasteiger partial charge >= 0.3 is 0 Å². The molecular formula is C4H6S4. The topological polar surface area (TPSA) is 0 Å². The van der Waals surface area contributed by atoms with Crippen molar-refractivity contribution >= 4 is 50.5 Å². The van der Waals surface area contributed by atoms with E-state index in [0.29, 0.717) is 4.91 Å². The van der Waals surface area contributed by atoms with Gasteiger partial charge in [-0.3, -0.25) is 0 Å². The molecule has 0 aromatic rings. The highest BCUT2D eigenvalue weighted by molar-refractivity contribution is 8.18. The summed E-state index contributed by atoms with van der Waals surface area (Å²) in [5.74, 6) is 0. The zero-order chi connectivity index (χ0) is 6.78. The lowest BCUT2D eigenvalue weighted by molar-refractivity contribution is 1.56. The maximum absolute atomic E-state index is 3.94. The second-order valence-electron chi connectivity index (χ2n) is 1.16. The van der Waals surface area contributed by atoms with Crippen LogP contribution >= 0.6 is 50.5 Å². The van der Waals surface area contributed by atoms with Crippen LogP contribution < -0.4 is 0 Å². The molecule has 0 aliphatic heterocycles. The molecule has 0 radical (unpaired) electrons. The van der Waals surface area contributed by atoms with Gasteiger partial charge in [0.25, 0.3) is 0 Å². The summed E-state index contributed by atoms with van der Waals surface area (Å²) in [6.45, 7) is 3.34. The van der Waals surface area contributed by atoms with Gasteiger partial charge in [0.1, 0.15) is 3.41 Å². The molecular weight excluding hydrogens is 176 g/mol. The van der Waals surface area contributed by atoms with Crippen molar-refractivity contribution in [2.45, 2.75) is 3.41 Å². The Morgan fingerprint density at radius 1 is 1.38 bits per heavy atom. The van der Waals surface area contributed by atoms with Gasteiger partial charge in [-0.15, -0.1) is 56.2 Å². The van der Waals surface area contributed by atoms with Gasteiger partial charge in [0, 0.05) is 0 Å². The predicted molar refractivity (Wildman–Crippen MR) is 51.3 cm³/mol. The lowest BCUT2D eigenvalue weighted by atomic mass is 10.6. The molecule has 0 aromatic carbocycles. The summed E-state index contributed by atoms with van der Waals surface area (Å²) in [5.41, 5.74) is 2.51. The number of rotatable bonds is 1. The first kappa shape index (κ1) is 8.92. The molecule has 0 spiro atoms. The molecule has 0 aliphatic rings. The van der Waals surface area contributed by atoms with Crippen molar-refractivity contribution in [1.82, 2.24) is 0 Å². The van der Waals surface area contributed by atoms with Crippen LogP contribution in [0, 0.1) is 0 Å². The minimum Gasteiger partial charge on any atom is -0.146 e. The molecule has 0 aromatic heterocycles. The lowest BCUT2D eigenvalue weighted by Crippen LogP contribution is -2.00. The summed E-state index contributed by atoms with van der Waals surface area (Å²) in [4.78, 5) is 0.507. The fourth-order valence-electron chi connectivity index (χ4n) is 0.119. The largest absolute Gasteiger partial charge is 0.146 e. The highest BCUT2D eigenvalue weighted by Crippen LogP contribution is 2.33. The maximum Gasteiger partial charge on any atom is 0.136 e. The molecule has 0 fully saturated rings. The zero-order valence-electron chi connectivity index (χ0n) is 4.00. The average molecular weight is 182 g/mol. The van der Waals surface area contributed by atoms with Gasteiger partial charge in [-0.05, 0) is 0 Å². The Labute approximate surface area is 71.1 Å². The summed E-state index contributed by atoms with van der Waals surface area (Å²) >= 11 is 15.8. The van der Waals surface area contributed by atoms with Crippen molar-refractivity contribution in [1.29, 1.82) is 0 Å². The Balaban J connectivity index is 4.26. The minimum atomic E-state index is -0.801. The van der Waals surface area contributed by atoms with Crippen molar-refractivity contribution in [3.8, 4) is 0 Å². The fraction of sp³-hybridized carbons (Fsp3) is 0.250. The van der Waals surface area contributed by atoms with E-state index in [-0.39, 0.29) is 0 Å². The van der Waals surface area contributed by atoms with Crippen molar-refractivity contribution in [3.05, 3.63) is 17.2 Å². The Bertz CT molecular complexity index is 125. The lowest BCUT2D eigenvalue weighted by Gasteiger charge is -2.11. The molecule has 0 bridgehead atoms. The van der Waals surface area contributed by atoms with Crippen LogP contribution in [-0.2, 0) is 0 Å². The third kappa shape index (κ3) is 3.05. The van der Waals surface area contributed by atoms with Gasteiger partial charge in [0.2, 0.25) is 0 Å². The second-order valence-corrected chi connectivity index (χ2v) is 4.68. The van der Waals surface area contributed by atoms with E-state index in [1.807, 2.05) is 0 Å². The molecule has 4 heteroatoms. The molecule has 0 aliphatic carbocycles. The van der Waals surface area contributed by atoms with Crippen LogP contribution in [0.3, 0.4) is 0 Å². The Kier molecular flexibility index (Phi) is 3.55. The van der Waals surface area contributed by atoms with Crippen LogP contribution in [0.25, 0.3) is 0 Å². The van der Waals surface area contributed by atoms with Crippen LogP contribution in [0.15, 0.2) is 17.2 Å². The Morgan fingerprint density at radius 2 is 1.75 bits per heavy atom. The Morgan fingerprint density at radius 3 is 1.75 bits per heavy atom. The van der Waals surface area contributed by atoms with Crippen LogP contribution in [0.1, 0.15) is 0 Å². The van der Waals surface area contributed by atoms with Gasteiger partial charge < -0.3 is 0 Å². The van der Waals surface area contributed by atoms with E-state index in [2.05, 4.69) is 62.8 Å². The van der Waals surface area contributed by atoms with E-state index in [0.717, 1.165) is 0 Å².